The van der Waals surface area contributed by atoms with E-state index < -0.39 is 0 Å². The summed E-state index contributed by atoms with van der Waals surface area (Å²) in [6.07, 6.45) is 6.20. The first-order valence-electron chi connectivity index (χ1n) is 20.3. The van der Waals surface area contributed by atoms with Gasteiger partial charge in [0.25, 0.3) is 0 Å². The number of nitrogens with zero attached hydrogens (tertiary/aromatic N) is 2. The van der Waals surface area contributed by atoms with Gasteiger partial charge >= 0.3 is 0 Å². The van der Waals surface area contributed by atoms with Crippen molar-refractivity contribution in [2.24, 2.45) is 0 Å². The predicted molar refractivity (Wildman–Crippen MR) is 237 cm³/mol. The maximum atomic E-state index is 2.53. The summed E-state index contributed by atoms with van der Waals surface area (Å²) in [7, 11) is 0. The summed E-state index contributed by atoms with van der Waals surface area (Å²) in [5.41, 5.74) is 18.0. The Bertz CT molecular complexity index is 2940. The molecule has 0 fully saturated rings. The summed E-state index contributed by atoms with van der Waals surface area (Å²) in [5, 5.41) is 5.01. The number of anilines is 3. The van der Waals surface area contributed by atoms with Crippen molar-refractivity contribution in [2.45, 2.75) is 51.4 Å². The zero-order chi connectivity index (χ0) is 37.4. The van der Waals surface area contributed by atoms with E-state index in [2.05, 4.69) is 193 Å². The molecule has 2 heteroatoms. The first-order chi connectivity index (χ1) is 27.5. The number of fused-ring (bicyclic) bond motifs is 8. The van der Waals surface area contributed by atoms with Gasteiger partial charge in [-0.3, -0.25) is 0 Å². The van der Waals surface area contributed by atoms with Gasteiger partial charge < -0.3 is 9.47 Å². The zero-order valence-corrected chi connectivity index (χ0v) is 32.1. The fraction of sp³-hybridized carbons (Fsp3) is 0.148. The van der Waals surface area contributed by atoms with Gasteiger partial charge in [-0.2, -0.15) is 0 Å². The second-order valence-electron chi connectivity index (χ2n) is 16.4. The quantitative estimate of drug-likeness (QED) is 0.161. The van der Waals surface area contributed by atoms with Crippen molar-refractivity contribution in [3.63, 3.8) is 0 Å². The Morgan fingerprint density at radius 3 is 1.98 bits per heavy atom. The van der Waals surface area contributed by atoms with Gasteiger partial charge in [0.2, 0.25) is 0 Å². The minimum atomic E-state index is -0.164. The molecular formula is C54H44N2. The number of hydrogen-bond acceptors (Lipinski definition) is 1. The maximum Gasteiger partial charge on any atom is 0.0541 e. The summed E-state index contributed by atoms with van der Waals surface area (Å²) in [5.74, 6) is 0. The van der Waals surface area contributed by atoms with E-state index in [-0.39, 0.29) is 5.41 Å². The lowest BCUT2D eigenvalue weighted by Gasteiger charge is -2.30. The molecule has 0 unspecified atom stereocenters. The highest BCUT2D eigenvalue weighted by Crippen LogP contribution is 2.55. The van der Waals surface area contributed by atoms with E-state index in [9.17, 15) is 0 Å². The minimum Gasteiger partial charge on any atom is -0.310 e. The van der Waals surface area contributed by atoms with Crippen molar-refractivity contribution in [1.82, 2.24) is 4.57 Å². The molecular weight excluding hydrogens is 677 g/mol. The molecule has 0 radical (unpaired) electrons. The average molecular weight is 721 g/mol. The van der Waals surface area contributed by atoms with Crippen molar-refractivity contribution in [2.75, 3.05) is 4.90 Å². The van der Waals surface area contributed by atoms with Gasteiger partial charge in [-0.1, -0.05) is 136 Å². The molecule has 0 aliphatic heterocycles. The molecule has 0 saturated carbocycles. The fourth-order valence-electron chi connectivity index (χ4n) is 9.97. The highest BCUT2D eigenvalue weighted by atomic mass is 15.1. The summed E-state index contributed by atoms with van der Waals surface area (Å²) in [6, 6.07) is 63.8. The van der Waals surface area contributed by atoms with Crippen LogP contribution in [0.2, 0.25) is 0 Å². The topological polar surface area (TPSA) is 8.17 Å². The van der Waals surface area contributed by atoms with E-state index in [4.69, 9.17) is 0 Å². The van der Waals surface area contributed by atoms with Gasteiger partial charge in [0.05, 0.1) is 11.0 Å². The Morgan fingerprint density at radius 2 is 1.16 bits per heavy atom. The van der Waals surface area contributed by atoms with Crippen LogP contribution < -0.4 is 4.90 Å². The predicted octanol–water partition coefficient (Wildman–Crippen LogP) is 14.6. The molecule has 2 nitrogen and oxygen atoms in total. The molecule has 9 aromatic rings. The van der Waals surface area contributed by atoms with E-state index in [0.717, 1.165) is 23.5 Å². The zero-order valence-electron chi connectivity index (χ0n) is 32.1. The van der Waals surface area contributed by atoms with Gasteiger partial charge in [-0.25, -0.2) is 0 Å². The Morgan fingerprint density at radius 1 is 0.464 bits per heavy atom. The van der Waals surface area contributed by atoms with Gasteiger partial charge in [0, 0.05) is 38.9 Å². The van der Waals surface area contributed by atoms with Crippen LogP contribution in [0, 0.1) is 0 Å². The Balaban J connectivity index is 1.18. The third-order valence-electron chi connectivity index (χ3n) is 12.8. The molecule has 2 aliphatic rings. The van der Waals surface area contributed by atoms with Crippen LogP contribution in [-0.4, -0.2) is 4.57 Å². The van der Waals surface area contributed by atoms with Gasteiger partial charge in [-0.05, 0) is 136 Å². The molecule has 0 saturated heterocycles. The van der Waals surface area contributed by atoms with Crippen LogP contribution in [0.4, 0.5) is 17.1 Å². The molecule has 270 valence electrons. The van der Waals surface area contributed by atoms with Crippen LogP contribution in [0.5, 0.6) is 0 Å². The van der Waals surface area contributed by atoms with E-state index in [1.807, 2.05) is 0 Å². The first-order valence-corrected chi connectivity index (χ1v) is 20.3. The summed E-state index contributed by atoms with van der Waals surface area (Å²) >= 11 is 0. The van der Waals surface area contributed by atoms with Crippen molar-refractivity contribution < 1.29 is 0 Å². The van der Waals surface area contributed by atoms with E-state index in [0.29, 0.717) is 0 Å². The lowest BCUT2D eigenvalue weighted by atomic mass is 9.81. The van der Waals surface area contributed by atoms with Crippen LogP contribution in [0.25, 0.3) is 60.5 Å². The molecule has 0 spiro atoms. The summed E-state index contributed by atoms with van der Waals surface area (Å²) < 4.78 is 2.43. The minimum absolute atomic E-state index is 0.164. The van der Waals surface area contributed by atoms with Crippen molar-refractivity contribution in [1.29, 1.82) is 0 Å². The Labute approximate surface area is 329 Å². The monoisotopic (exact) mass is 720 g/mol. The fourth-order valence-corrected chi connectivity index (χ4v) is 9.97. The number of aryl methyl sites for hydroxylation is 2. The van der Waals surface area contributed by atoms with Gasteiger partial charge in [-0.15, -0.1) is 0 Å². The molecule has 1 heterocycles. The molecule has 2 aliphatic carbocycles. The highest BCUT2D eigenvalue weighted by molar-refractivity contribution is 6.09. The maximum absolute atomic E-state index is 2.53. The third kappa shape index (κ3) is 5.16. The number of hydrogen-bond donors (Lipinski definition) is 0. The van der Waals surface area contributed by atoms with E-state index in [1.54, 1.807) is 0 Å². The van der Waals surface area contributed by atoms with Crippen LogP contribution in [0.1, 0.15) is 55.4 Å². The largest absolute Gasteiger partial charge is 0.310 e. The average Bonchev–Trinajstić information content (AvgIpc) is 3.55. The smallest absolute Gasteiger partial charge is 0.0541 e. The number of benzene rings is 8. The third-order valence-corrected chi connectivity index (χ3v) is 12.8. The van der Waals surface area contributed by atoms with Crippen molar-refractivity contribution in [3.8, 4) is 27.9 Å². The van der Waals surface area contributed by atoms with E-state index >= 15 is 0 Å². The SMILES string of the molecule is CC1(C)c2ccccc2-c2c(-c3ccc4c(c3)CCCCC4)cc(N(c3cccc(-n4c5ccccc5c5ccccc54)c3)c3ccc4ccccc4c3)cc21. The second-order valence-corrected chi connectivity index (χ2v) is 16.4. The molecule has 56 heavy (non-hydrogen) atoms. The molecule has 0 amide bonds. The van der Waals surface area contributed by atoms with Crippen LogP contribution >= 0.6 is 0 Å². The molecule has 0 N–H and O–H groups in total. The van der Waals surface area contributed by atoms with Crippen molar-refractivity contribution >= 4 is 49.6 Å². The Kier molecular flexibility index (Phi) is 7.57. The molecule has 11 rings (SSSR count). The summed E-state index contributed by atoms with van der Waals surface area (Å²) in [6.45, 7) is 4.82. The second kappa shape index (κ2) is 12.9. The van der Waals surface area contributed by atoms with Crippen molar-refractivity contribution in [3.05, 3.63) is 192 Å². The van der Waals surface area contributed by atoms with Crippen LogP contribution in [0.3, 0.4) is 0 Å². The lowest BCUT2D eigenvalue weighted by Crippen LogP contribution is -2.17. The normalized spacial score (nSPS) is 14.4. The number of rotatable bonds is 5. The van der Waals surface area contributed by atoms with Gasteiger partial charge in [0.15, 0.2) is 0 Å². The molecule has 0 atom stereocenters. The molecule has 0 bridgehead atoms. The van der Waals surface area contributed by atoms with Gasteiger partial charge in [0.1, 0.15) is 0 Å². The highest BCUT2D eigenvalue weighted by Gasteiger charge is 2.38. The molecule has 1 aromatic heterocycles. The first kappa shape index (κ1) is 33.0. The summed E-state index contributed by atoms with van der Waals surface area (Å²) in [4.78, 5) is 2.50. The number of para-hydroxylation sites is 2. The van der Waals surface area contributed by atoms with Crippen LogP contribution in [0.15, 0.2) is 170 Å². The lowest BCUT2D eigenvalue weighted by molar-refractivity contribution is 0.660. The number of aromatic nitrogens is 1. The van der Waals surface area contributed by atoms with E-state index in [1.165, 1.54) is 108 Å². The Hall–Kier alpha value is -6.38. The molecule has 8 aromatic carbocycles. The van der Waals surface area contributed by atoms with Crippen LogP contribution in [-0.2, 0) is 18.3 Å². The standard InChI is InChI=1S/C54H44N2/c1-54(2)49-24-11-8-23-47(49)53-48(40-28-27-36-15-4-3-5-17-38(36)31-40)34-44(35-50(53)54)55(43-30-29-37-16-6-7-18-39(37)32-43)41-19-14-20-42(33-41)56-51-25-12-9-21-45(51)46-22-10-13-26-52(46)56/h6-14,16,18-35H,3-5,15,17H2,1-2H3.